The molecule has 0 unspecified atom stereocenters. The maximum atomic E-state index is 12.4. The summed E-state index contributed by atoms with van der Waals surface area (Å²) >= 11 is 12.2. The molecule has 3 rings (SSSR count). The molecule has 0 spiro atoms. The van der Waals surface area contributed by atoms with Gasteiger partial charge in [-0.1, -0.05) is 59.6 Å². The Labute approximate surface area is 172 Å². The minimum absolute atomic E-state index is 0.150. The molecule has 28 heavy (non-hydrogen) atoms. The first-order chi connectivity index (χ1) is 13.5. The van der Waals surface area contributed by atoms with E-state index in [-0.39, 0.29) is 30.6 Å². The maximum Gasteiger partial charge on any atom is 0.270 e. The Hall–Kier alpha value is -2.89. The van der Waals surface area contributed by atoms with Crippen LogP contribution < -0.4 is 10.6 Å². The molecule has 3 aromatic rings. The zero-order valence-corrected chi connectivity index (χ0v) is 16.3. The molecule has 5 nitrogen and oxygen atoms in total. The van der Waals surface area contributed by atoms with Crippen LogP contribution in [0.5, 0.6) is 0 Å². The molecule has 0 aliphatic rings. The Morgan fingerprint density at radius 2 is 1.32 bits per heavy atom. The smallest absolute Gasteiger partial charge is 0.270 e. The molecule has 0 bridgehead atoms. The van der Waals surface area contributed by atoms with E-state index in [4.69, 9.17) is 23.2 Å². The summed E-state index contributed by atoms with van der Waals surface area (Å²) in [5, 5.41) is 6.69. The molecule has 2 N–H and O–H groups in total. The Morgan fingerprint density at radius 3 is 1.89 bits per heavy atom. The predicted octanol–water partition coefficient (Wildman–Crippen LogP) is 4.25. The van der Waals surface area contributed by atoms with Gasteiger partial charge < -0.3 is 10.6 Å². The van der Waals surface area contributed by atoms with Crippen molar-refractivity contribution in [2.45, 2.75) is 13.1 Å². The highest BCUT2D eigenvalue weighted by Gasteiger charge is 2.12. The van der Waals surface area contributed by atoms with Crippen molar-refractivity contribution in [3.63, 3.8) is 0 Å². The summed E-state index contributed by atoms with van der Waals surface area (Å²) in [5.74, 6) is -0.705. The van der Waals surface area contributed by atoms with Crippen LogP contribution in [0.1, 0.15) is 32.0 Å². The number of halogens is 2. The van der Waals surface area contributed by atoms with Crippen LogP contribution in [0.4, 0.5) is 0 Å². The third kappa shape index (κ3) is 5.09. The fourth-order valence-electron chi connectivity index (χ4n) is 2.52. The summed E-state index contributed by atoms with van der Waals surface area (Å²) in [6, 6.07) is 17.5. The number of carbonyl (C=O) groups is 2. The Morgan fingerprint density at radius 1 is 0.786 bits per heavy atom. The number of aromatic nitrogens is 1. The van der Waals surface area contributed by atoms with Crippen molar-refractivity contribution in [2.75, 3.05) is 0 Å². The van der Waals surface area contributed by atoms with Gasteiger partial charge in [0.15, 0.2) is 0 Å². The second-order valence-electron chi connectivity index (χ2n) is 5.98. The lowest BCUT2D eigenvalue weighted by Crippen LogP contribution is -2.26. The van der Waals surface area contributed by atoms with Crippen molar-refractivity contribution in [1.82, 2.24) is 15.6 Å². The third-order valence-electron chi connectivity index (χ3n) is 4.05. The van der Waals surface area contributed by atoms with E-state index in [1.54, 1.807) is 18.2 Å². The highest BCUT2D eigenvalue weighted by Crippen LogP contribution is 2.15. The van der Waals surface area contributed by atoms with E-state index < -0.39 is 0 Å². The molecule has 0 aliphatic carbocycles. The molecule has 0 aliphatic heterocycles. The molecule has 0 atom stereocenters. The van der Waals surface area contributed by atoms with Crippen molar-refractivity contribution < 1.29 is 9.59 Å². The summed E-state index contributed by atoms with van der Waals surface area (Å²) in [6.07, 6.45) is 1.43. The normalized spacial score (nSPS) is 10.4. The molecule has 0 fully saturated rings. The van der Waals surface area contributed by atoms with Gasteiger partial charge in [-0.05, 0) is 35.4 Å². The van der Waals surface area contributed by atoms with E-state index in [1.807, 2.05) is 36.4 Å². The van der Waals surface area contributed by atoms with Crippen molar-refractivity contribution in [3.8, 4) is 0 Å². The molecule has 0 saturated carbocycles. The fraction of sp³-hybridized carbons (Fsp3) is 0.0952. The van der Waals surface area contributed by atoms with Gasteiger partial charge in [0, 0.05) is 34.9 Å². The van der Waals surface area contributed by atoms with Crippen molar-refractivity contribution in [2.24, 2.45) is 0 Å². The molecule has 2 amide bonds. The third-order valence-corrected chi connectivity index (χ3v) is 4.79. The molecular formula is C21H17Cl2N3O2. The molecule has 7 heteroatoms. The predicted molar refractivity (Wildman–Crippen MR) is 109 cm³/mol. The van der Waals surface area contributed by atoms with Gasteiger partial charge in [-0.25, -0.2) is 0 Å². The lowest BCUT2D eigenvalue weighted by atomic mass is 10.2. The first kappa shape index (κ1) is 19.9. The van der Waals surface area contributed by atoms with Crippen molar-refractivity contribution >= 4 is 35.0 Å². The van der Waals surface area contributed by atoms with E-state index in [0.717, 1.165) is 11.1 Å². The van der Waals surface area contributed by atoms with E-state index >= 15 is 0 Å². The molecule has 2 aromatic carbocycles. The van der Waals surface area contributed by atoms with E-state index in [9.17, 15) is 9.59 Å². The van der Waals surface area contributed by atoms with Gasteiger partial charge in [0.05, 0.1) is 0 Å². The van der Waals surface area contributed by atoms with Crippen molar-refractivity contribution in [3.05, 3.63) is 99.3 Å². The van der Waals surface area contributed by atoms with E-state index in [0.29, 0.717) is 15.6 Å². The van der Waals surface area contributed by atoms with Crippen LogP contribution in [0.2, 0.25) is 10.0 Å². The highest BCUT2D eigenvalue weighted by molar-refractivity contribution is 6.31. The molecule has 0 saturated heterocycles. The van der Waals surface area contributed by atoms with Crippen LogP contribution in [-0.2, 0) is 13.1 Å². The quantitative estimate of drug-likeness (QED) is 0.634. The average molecular weight is 414 g/mol. The second-order valence-corrected chi connectivity index (χ2v) is 6.79. The van der Waals surface area contributed by atoms with E-state index in [2.05, 4.69) is 15.6 Å². The van der Waals surface area contributed by atoms with Crippen LogP contribution in [-0.4, -0.2) is 16.8 Å². The summed E-state index contributed by atoms with van der Waals surface area (Å²) in [6.45, 7) is 0.554. The number of benzene rings is 2. The van der Waals surface area contributed by atoms with Crippen LogP contribution in [0.25, 0.3) is 0 Å². The summed E-state index contributed by atoms with van der Waals surface area (Å²) in [5.41, 5.74) is 2.10. The zero-order valence-electron chi connectivity index (χ0n) is 14.8. The molecule has 0 radical (unpaired) electrons. The largest absolute Gasteiger partial charge is 0.348 e. The van der Waals surface area contributed by atoms with Crippen LogP contribution in [0.3, 0.4) is 0 Å². The topological polar surface area (TPSA) is 71.1 Å². The maximum absolute atomic E-state index is 12.4. The Bertz CT molecular complexity index is 931. The number of nitrogens with zero attached hydrogens (tertiary/aromatic N) is 1. The van der Waals surface area contributed by atoms with E-state index in [1.165, 1.54) is 12.3 Å². The number of carbonyl (C=O) groups excluding carboxylic acids is 2. The second kappa shape index (κ2) is 9.35. The summed E-state index contributed by atoms with van der Waals surface area (Å²) < 4.78 is 0. The first-order valence-corrected chi connectivity index (χ1v) is 9.29. The van der Waals surface area contributed by atoms with Gasteiger partial charge in [-0.3, -0.25) is 14.6 Å². The number of pyridine rings is 1. The van der Waals surface area contributed by atoms with Gasteiger partial charge in [0.1, 0.15) is 5.69 Å². The van der Waals surface area contributed by atoms with Crippen LogP contribution >= 0.6 is 23.2 Å². The van der Waals surface area contributed by atoms with Gasteiger partial charge in [0.25, 0.3) is 11.8 Å². The molecule has 142 valence electrons. The molecule has 1 heterocycles. The molecule has 1 aromatic heterocycles. The zero-order chi connectivity index (χ0) is 19.9. The number of rotatable bonds is 6. The summed E-state index contributed by atoms with van der Waals surface area (Å²) in [4.78, 5) is 28.8. The lowest BCUT2D eigenvalue weighted by molar-refractivity contribution is 0.0946. The monoisotopic (exact) mass is 413 g/mol. The molecular weight excluding hydrogens is 397 g/mol. The van der Waals surface area contributed by atoms with Gasteiger partial charge in [-0.2, -0.15) is 0 Å². The minimum Gasteiger partial charge on any atom is -0.348 e. The fourth-order valence-corrected chi connectivity index (χ4v) is 2.93. The van der Waals surface area contributed by atoms with Crippen LogP contribution in [0, 0.1) is 0 Å². The standard InChI is InChI=1S/C21H17Cl2N3O2/c22-17-7-3-1-5-15(17)12-25-20(27)14-9-10-24-19(11-14)21(28)26-13-16-6-2-4-8-18(16)23/h1-11H,12-13H2,(H,25,27)(H,26,28). The number of nitrogens with one attached hydrogen (secondary N) is 2. The summed E-state index contributed by atoms with van der Waals surface area (Å²) in [7, 11) is 0. The van der Waals surface area contributed by atoms with Crippen LogP contribution in [0.15, 0.2) is 66.9 Å². The number of amides is 2. The van der Waals surface area contributed by atoms with Gasteiger partial charge >= 0.3 is 0 Å². The first-order valence-electron chi connectivity index (χ1n) is 8.54. The Balaban J connectivity index is 1.62. The average Bonchev–Trinajstić information content (AvgIpc) is 2.72. The number of hydrogen-bond acceptors (Lipinski definition) is 3. The SMILES string of the molecule is O=C(NCc1ccccc1Cl)c1ccnc(C(=O)NCc2ccccc2Cl)c1. The highest BCUT2D eigenvalue weighted by atomic mass is 35.5. The minimum atomic E-state index is -0.388. The van der Waals surface area contributed by atoms with Crippen molar-refractivity contribution in [1.29, 1.82) is 0 Å². The lowest BCUT2D eigenvalue weighted by Gasteiger charge is -2.09. The van der Waals surface area contributed by atoms with Gasteiger partial charge in [0.2, 0.25) is 0 Å². The Kier molecular flexibility index (Phi) is 6.63. The number of hydrogen-bond donors (Lipinski definition) is 2. The van der Waals surface area contributed by atoms with Gasteiger partial charge in [-0.15, -0.1) is 0 Å².